The second-order valence-electron chi connectivity index (χ2n) is 5.39. The summed E-state index contributed by atoms with van der Waals surface area (Å²) in [4.78, 5) is 0. The number of rotatable bonds is 5. The SMILES string of the molecule is CCNC(Cc1ccc(F)cc1C)c1ccc(Cl)cc1C. The van der Waals surface area contributed by atoms with Crippen LogP contribution in [0.15, 0.2) is 36.4 Å². The van der Waals surface area contributed by atoms with Gasteiger partial charge < -0.3 is 5.32 Å². The number of aryl methyl sites for hydroxylation is 2. The first-order valence-electron chi connectivity index (χ1n) is 7.25. The van der Waals surface area contributed by atoms with Crippen molar-refractivity contribution in [3.05, 3.63) is 69.5 Å². The topological polar surface area (TPSA) is 12.0 Å². The Hall–Kier alpha value is -1.38. The highest BCUT2D eigenvalue weighted by molar-refractivity contribution is 6.30. The van der Waals surface area contributed by atoms with Crippen LogP contribution in [-0.2, 0) is 6.42 Å². The van der Waals surface area contributed by atoms with Gasteiger partial charge in [0.2, 0.25) is 0 Å². The van der Waals surface area contributed by atoms with Crippen molar-refractivity contribution >= 4 is 11.6 Å². The molecule has 1 unspecified atom stereocenters. The molecule has 0 fully saturated rings. The summed E-state index contributed by atoms with van der Waals surface area (Å²) < 4.78 is 13.2. The Labute approximate surface area is 131 Å². The molecule has 1 N–H and O–H groups in total. The predicted molar refractivity (Wildman–Crippen MR) is 87.4 cm³/mol. The van der Waals surface area contributed by atoms with Crippen LogP contribution in [0.2, 0.25) is 5.02 Å². The van der Waals surface area contributed by atoms with Gasteiger partial charge in [-0.1, -0.05) is 30.7 Å². The van der Waals surface area contributed by atoms with Crippen molar-refractivity contribution in [1.29, 1.82) is 0 Å². The van der Waals surface area contributed by atoms with E-state index in [9.17, 15) is 4.39 Å². The van der Waals surface area contributed by atoms with Crippen LogP contribution >= 0.6 is 11.6 Å². The third kappa shape index (κ3) is 4.05. The van der Waals surface area contributed by atoms with E-state index in [0.717, 1.165) is 29.1 Å². The van der Waals surface area contributed by atoms with Gasteiger partial charge in [-0.3, -0.25) is 0 Å². The highest BCUT2D eigenvalue weighted by Gasteiger charge is 2.15. The van der Waals surface area contributed by atoms with Crippen molar-refractivity contribution in [2.24, 2.45) is 0 Å². The largest absolute Gasteiger partial charge is 0.310 e. The third-order valence-corrected chi connectivity index (χ3v) is 4.02. The summed E-state index contributed by atoms with van der Waals surface area (Å²) in [5.74, 6) is -0.182. The molecule has 1 atom stereocenters. The lowest BCUT2D eigenvalue weighted by molar-refractivity contribution is 0.545. The molecule has 3 heteroatoms. The minimum atomic E-state index is -0.182. The van der Waals surface area contributed by atoms with Crippen LogP contribution in [-0.4, -0.2) is 6.54 Å². The van der Waals surface area contributed by atoms with Gasteiger partial charge in [-0.2, -0.15) is 0 Å². The zero-order valence-electron chi connectivity index (χ0n) is 12.7. The van der Waals surface area contributed by atoms with Gasteiger partial charge in [-0.15, -0.1) is 0 Å². The second-order valence-corrected chi connectivity index (χ2v) is 5.82. The van der Waals surface area contributed by atoms with Crippen LogP contribution in [0.5, 0.6) is 0 Å². The van der Waals surface area contributed by atoms with E-state index in [2.05, 4.69) is 25.2 Å². The van der Waals surface area contributed by atoms with E-state index < -0.39 is 0 Å². The molecule has 1 nitrogen and oxygen atoms in total. The van der Waals surface area contributed by atoms with Gasteiger partial charge >= 0.3 is 0 Å². The van der Waals surface area contributed by atoms with E-state index in [1.165, 1.54) is 17.2 Å². The minimum absolute atomic E-state index is 0.182. The molecule has 2 aromatic carbocycles. The number of hydrogen-bond donors (Lipinski definition) is 1. The van der Waals surface area contributed by atoms with E-state index in [0.29, 0.717) is 0 Å². The van der Waals surface area contributed by atoms with E-state index in [4.69, 9.17) is 11.6 Å². The first-order valence-corrected chi connectivity index (χ1v) is 7.63. The first kappa shape index (κ1) is 16.0. The molecule has 0 bridgehead atoms. The molecular formula is C18H21ClFN. The van der Waals surface area contributed by atoms with Crippen LogP contribution in [0.25, 0.3) is 0 Å². The molecule has 0 aliphatic rings. The molecular weight excluding hydrogens is 285 g/mol. The van der Waals surface area contributed by atoms with Crippen LogP contribution in [0.1, 0.15) is 35.2 Å². The quantitative estimate of drug-likeness (QED) is 0.820. The van der Waals surface area contributed by atoms with Gasteiger partial charge in [-0.05, 0) is 73.3 Å². The third-order valence-electron chi connectivity index (χ3n) is 3.79. The van der Waals surface area contributed by atoms with Crippen LogP contribution < -0.4 is 5.32 Å². The summed E-state index contributed by atoms with van der Waals surface area (Å²) in [5, 5.41) is 4.27. The molecule has 0 aliphatic carbocycles. The first-order chi connectivity index (χ1) is 10.0. The molecule has 0 aliphatic heterocycles. The highest BCUT2D eigenvalue weighted by Crippen LogP contribution is 2.25. The predicted octanol–water partition coefficient (Wildman–Crippen LogP) is 4.99. The Bertz CT molecular complexity index is 625. The van der Waals surface area contributed by atoms with Gasteiger partial charge in [0.25, 0.3) is 0 Å². The average Bonchev–Trinajstić information content (AvgIpc) is 2.41. The maximum absolute atomic E-state index is 13.2. The van der Waals surface area contributed by atoms with E-state index in [-0.39, 0.29) is 11.9 Å². The lowest BCUT2D eigenvalue weighted by Crippen LogP contribution is -2.24. The van der Waals surface area contributed by atoms with Crippen LogP contribution in [0, 0.1) is 19.7 Å². The number of nitrogens with one attached hydrogen (secondary N) is 1. The summed E-state index contributed by atoms with van der Waals surface area (Å²) in [6.45, 7) is 7.00. The minimum Gasteiger partial charge on any atom is -0.310 e. The summed E-state index contributed by atoms with van der Waals surface area (Å²) in [5.41, 5.74) is 4.57. The van der Waals surface area contributed by atoms with E-state index in [1.54, 1.807) is 6.07 Å². The molecule has 2 rings (SSSR count). The molecule has 112 valence electrons. The normalized spacial score (nSPS) is 12.4. The Morgan fingerprint density at radius 1 is 1.10 bits per heavy atom. The number of halogens is 2. The molecule has 2 aromatic rings. The maximum atomic E-state index is 13.2. The lowest BCUT2D eigenvalue weighted by atomic mass is 9.93. The summed E-state index contributed by atoms with van der Waals surface area (Å²) in [6.07, 6.45) is 0.836. The van der Waals surface area contributed by atoms with E-state index in [1.807, 2.05) is 25.1 Å². The van der Waals surface area contributed by atoms with Gasteiger partial charge in [0.1, 0.15) is 5.82 Å². The Kier molecular flexibility index (Phi) is 5.38. The molecule has 21 heavy (non-hydrogen) atoms. The van der Waals surface area contributed by atoms with Crippen molar-refractivity contribution in [2.75, 3.05) is 6.54 Å². The highest BCUT2D eigenvalue weighted by atomic mass is 35.5. The van der Waals surface area contributed by atoms with Gasteiger partial charge in [0.15, 0.2) is 0 Å². The van der Waals surface area contributed by atoms with Crippen molar-refractivity contribution in [1.82, 2.24) is 5.32 Å². The number of benzene rings is 2. The van der Waals surface area contributed by atoms with Crippen molar-refractivity contribution in [2.45, 2.75) is 33.2 Å². The number of hydrogen-bond acceptors (Lipinski definition) is 1. The Balaban J connectivity index is 2.30. The molecule has 0 aromatic heterocycles. The van der Waals surface area contributed by atoms with E-state index >= 15 is 0 Å². The van der Waals surface area contributed by atoms with Crippen LogP contribution in [0.4, 0.5) is 4.39 Å². The molecule has 0 saturated heterocycles. The van der Waals surface area contributed by atoms with Crippen molar-refractivity contribution in [3.63, 3.8) is 0 Å². The fraction of sp³-hybridized carbons (Fsp3) is 0.333. The van der Waals surface area contributed by atoms with Crippen molar-refractivity contribution in [3.8, 4) is 0 Å². The smallest absolute Gasteiger partial charge is 0.123 e. The van der Waals surface area contributed by atoms with Gasteiger partial charge in [0, 0.05) is 11.1 Å². The zero-order chi connectivity index (χ0) is 15.4. The maximum Gasteiger partial charge on any atom is 0.123 e. The molecule has 0 amide bonds. The zero-order valence-corrected chi connectivity index (χ0v) is 13.5. The van der Waals surface area contributed by atoms with Crippen molar-refractivity contribution < 1.29 is 4.39 Å². The summed E-state index contributed by atoms with van der Waals surface area (Å²) in [6, 6.07) is 11.2. The fourth-order valence-electron chi connectivity index (χ4n) is 2.68. The second kappa shape index (κ2) is 7.06. The average molecular weight is 306 g/mol. The molecule has 0 spiro atoms. The molecule has 0 saturated carbocycles. The summed E-state index contributed by atoms with van der Waals surface area (Å²) in [7, 11) is 0. The molecule has 0 heterocycles. The Morgan fingerprint density at radius 2 is 1.86 bits per heavy atom. The molecule has 0 radical (unpaired) electrons. The van der Waals surface area contributed by atoms with Gasteiger partial charge in [0.05, 0.1) is 0 Å². The van der Waals surface area contributed by atoms with Gasteiger partial charge in [-0.25, -0.2) is 4.39 Å². The Morgan fingerprint density at radius 3 is 2.48 bits per heavy atom. The summed E-state index contributed by atoms with van der Waals surface area (Å²) >= 11 is 6.04. The lowest BCUT2D eigenvalue weighted by Gasteiger charge is -2.21. The monoisotopic (exact) mass is 305 g/mol. The number of likely N-dealkylation sites (N-methyl/N-ethyl adjacent to an activating group) is 1. The van der Waals surface area contributed by atoms with Crippen LogP contribution in [0.3, 0.4) is 0 Å². The standard InChI is InChI=1S/C18H21ClFN/c1-4-21-18(17-8-6-15(19)9-13(17)3)11-14-5-7-16(20)10-12(14)2/h5-10,18,21H,4,11H2,1-3H3. The fourth-order valence-corrected chi connectivity index (χ4v) is 2.90.